The lowest BCUT2D eigenvalue weighted by molar-refractivity contribution is 0.601. The predicted molar refractivity (Wildman–Crippen MR) is 60.5 cm³/mol. The Morgan fingerprint density at radius 2 is 2.00 bits per heavy atom. The normalized spacial score (nSPS) is 12.2. The molecular formula is C7H4Cl2N2O2S2. The highest BCUT2D eigenvalue weighted by Crippen LogP contribution is 2.30. The summed E-state index contributed by atoms with van der Waals surface area (Å²) in [7, 11) is -3.32. The van der Waals surface area contributed by atoms with Crippen molar-refractivity contribution in [2.75, 3.05) is 6.26 Å². The molecule has 2 rings (SSSR count). The zero-order valence-electron chi connectivity index (χ0n) is 7.36. The zero-order valence-corrected chi connectivity index (χ0v) is 10.5. The molecule has 0 saturated heterocycles. The third-order valence-electron chi connectivity index (χ3n) is 1.60. The van der Waals surface area contributed by atoms with Crippen LogP contribution in [0.4, 0.5) is 0 Å². The molecule has 80 valence electrons. The Morgan fingerprint density at radius 3 is 2.60 bits per heavy atom. The molecule has 0 aliphatic rings. The molecule has 0 unspecified atom stereocenters. The van der Waals surface area contributed by atoms with E-state index in [4.69, 9.17) is 23.2 Å². The number of hydrogen-bond acceptors (Lipinski definition) is 5. The summed E-state index contributed by atoms with van der Waals surface area (Å²) in [6.07, 6.45) is 1.09. The lowest BCUT2D eigenvalue weighted by atomic mass is 10.4. The summed E-state index contributed by atoms with van der Waals surface area (Å²) in [5.74, 6) is 0. The molecule has 2 heterocycles. The lowest BCUT2D eigenvalue weighted by Crippen LogP contribution is -1.94. The highest BCUT2D eigenvalue weighted by atomic mass is 35.5. The Bertz CT molecular complexity index is 636. The van der Waals surface area contributed by atoms with Crippen LogP contribution < -0.4 is 0 Å². The average molecular weight is 283 g/mol. The number of rotatable bonds is 1. The summed E-state index contributed by atoms with van der Waals surface area (Å²) in [5, 5.41) is 0.333. The van der Waals surface area contributed by atoms with Crippen molar-refractivity contribution >= 4 is 54.6 Å². The maximum absolute atomic E-state index is 11.3. The van der Waals surface area contributed by atoms with Crippen LogP contribution in [-0.4, -0.2) is 24.6 Å². The van der Waals surface area contributed by atoms with Gasteiger partial charge in [0.1, 0.15) is 10.7 Å². The van der Waals surface area contributed by atoms with Gasteiger partial charge in [0.2, 0.25) is 14.2 Å². The molecule has 0 aliphatic heterocycles. The summed E-state index contributed by atoms with van der Waals surface area (Å²) in [5.41, 5.74) is 0.367. The van der Waals surface area contributed by atoms with Crippen LogP contribution in [0.25, 0.3) is 10.2 Å². The van der Waals surface area contributed by atoms with Crippen molar-refractivity contribution in [2.24, 2.45) is 0 Å². The highest BCUT2D eigenvalue weighted by Gasteiger charge is 2.16. The van der Waals surface area contributed by atoms with Crippen LogP contribution in [0.15, 0.2) is 10.4 Å². The van der Waals surface area contributed by atoms with E-state index >= 15 is 0 Å². The van der Waals surface area contributed by atoms with Gasteiger partial charge < -0.3 is 0 Å². The topological polar surface area (TPSA) is 59.9 Å². The van der Waals surface area contributed by atoms with Crippen molar-refractivity contribution in [1.82, 2.24) is 9.97 Å². The van der Waals surface area contributed by atoms with E-state index in [1.165, 1.54) is 6.07 Å². The monoisotopic (exact) mass is 282 g/mol. The van der Waals surface area contributed by atoms with Gasteiger partial charge >= 0.3 is 0 Å². The van der Waals surface area contributed by atoms with E-state index < -0.39 is 9.84 Å². The van der Waals surface area contributed by atoms with E-state index in [9.17, 15) is 8.42 Å². The molecule has 0 aromatic carbocycles. The quantitative estimate of drug-likeness (QED) is 0.754. The molecule has 0 spiro atoms. The van der Waals surface area contributed by atoms with Crippen LogP contribution in [0.5, 0.6) is 0 Å². The largest absolute Gasteiger partial charge is 0.222 e. The minimum Gasteiger partial charge on any atom is -0.222 e. The van der Waals surface area contributed by atoms with Gasteiger partial charge in [0, 0.05) is 6.26 Å². The highest BCUT2D eigenvalue weighted by molar-refractivity contribution is 7.92. The summed E-state index contributed by atoms with van der Waals surface area (Å²) in [4.78, 5) is 7.68. The predicted octanol–water partition coefficient (Wildman–Crippen LogP) is 2.40. The van der Waals surface area contributed by atoms with E-state index in [-0.39, 0.29) is 14.6 Å². The molecule has 0 N–H and O–H groups in total. The maximum atomic E-state index is 11.3. The van der Waals surface area contributed by atoms with Crippen molar-refractivity contribution in [3.63, 3.8) is 0 Å². The van der Waals surface area contributed by atoms with E-state index in [2.05, 4.69) is 9.97 Å². The van der Waals surface area contributed by atoms with Gasteiger partial charge in [-0.15, -0.1) is 11.3 Å². The standard InChI is InChI=1S/C7H4Cl2N2O2S2/c1-15(12,13)7-11-5-3(14-7)2-4(8)10-6(5)9/h2H,1H3. The first-order chi connectivity index (χ1) is 6.88. The van der Waals surface area contributed by atoms with Crippen LogP contribution in [0.1, 0.15) is 0 Å². The minimum absolute atomic E-state index is 0.0171. The fourth-order valence-corrected chi connectivity index (χ4v) is 3.46. The van der Waals surface area contributed by atoms with E-state index in [0.29, 0.717) is 10.2 Å². The molecule has 4 nitrogen and oxygen atoms in total. The first-order valence-electron chi connectivity index (χ1n) is 3.70. The smallest absolute Gasteiger partial charge is 0.210 e. The van der Waals surface area contributed by atoms with Gasteiger partial charge in [-0.25, -0.2) is 18.4 Å². The number of nitrogens with zero attached hydrogens (tertiary/aromatic N) is 2. The molecule has 15 heavy (non-hydrogen) atoms. The van der Waals surface area contributed by atoms with E-state index in [1.54, 1.807) is 0 Å². The Hall–Kier alpha value is -0.430. The number of halogens is 2. The van der Waals surface area contributed by atoms with Gasteiger partial charge in [-0.1, -0.05) is 23.2 Å². The molecule has 0 aliphatic carbocycles. The zero-order chi connectivity index (χ0) is 11.2. The molecule has 0 fully saturated rings. The first-order valence-corrected chi connectivity index (χ1v) is 7.17. The number of pyridine rings is 1. The Kier molecular flexibility index (Phi) is 2.62. The molecule has 2 aromatic rings. The SMILES string of the molecule is CS(=O)(=O)c1nc2c(Cl)nc(Cl)cc2s1. The third-order valence-corrected chi connectivity index (χ3v) is 4.74. The van der Waals surface area contributed by atoms with Gasteiger partial charge in [-0.2, -0.15) is 0 Å². The first kappa shape index (κ1) is 11.1. The average Bonchev–Trinajstić information content (AvgIpc) is 2.46. The van der Waals surface area contributed by atoms with Crippen molar-refractivity contribution in [1.29, 1.82) is 0 Å². The molecule has 0 bridgehead atoms. The van der Waals surface area contributed by atoms with Gasteiger partial charge in [0.05, 0.1) is 4.70 Å². The van der Waals surface area contributed by atoms with Crippen molar-refractivity contribution in [2.45, 2.75) is 4.34 Å². The molecule has 0 saturated carbocycles. The second kappa shape index (κ2) is 3.55. The fourth-order valence-electron chi connectivity index (χ4n) is 1.00. The molecule has 0 radical (unpaired) electrons. The number of sulfone groups is 1. The maximum Gasteiger partial charge on any atom is 0.210 e. The van der Waals surface area contributed by atoms with Crippen LogP contribution in [0, 0.1) is 0 Å². The number of hydrogen-bond donors (Lipinski definition) is 0. The van der Waals surface area contributed by atoms with Gasteiger partial charge in [0.15, 0.2) is 5.15 Å². The second-order valence-corrected chi connectivity index (χ2v) is 6.80. The number of aromatic nitrogens is 2. The van der Waals surface area contributed by atoms with Crippen LogP contribution in [-0.2, 0) is 9.84 Å². The number of thiazole rings is 1. The van der Waals surface area contributed by atoms with Gasteiger partial charge in [0.25, 0.3) is 0 Å². The van der Waals surface area contributed by atoms with E-state index in [1.807, 2.05) is 0 Å². The molecule has 0 amide bonds. The summed E-state index contributed by atoms with van der Waals surface area (Å²) >= 11 is 12.5. The molecule has 8 heteroatoms. The molecule has 2 aromatic heterocycles. The van der Waals surface area contributed by atoms with Crippen LogP contribution in [0.2, 0.25) is 10.3 Å². The molecule has 0 atom stereocenters. The summed E-state index contributed by atoms with van der Waals surface area (Å²) in [6, 6.07) is 1.54. The third kappa shape index (κ3) is 2.08. The fraction of sp³-hybridized carbons (Fsp3) is 0.143. The number of fused-ring (bicyclic) bond motifs is 1. The van der Waals surface area contributed by atoms with Crippen molar-refractivity contribution in [3.05, 3.63) is 16.4 Å². The summed E-state index contributed by atoms with van der Waals surface area (Å²) < 4.78 is 23.1. The van der Waals surface area contributed by atoms with Crippen LogP contribution >= 0.6 is 34.5 Å². The second-order valence-electron chi connectivity index (χ2n) is 2.83. The minimum atomic E-state index is -3.32. The van der Waals surface area contributed by atoms with Crippen molar-refractivity contribution < 1.29 is 8.42 Å². The lowest BCUT2D eigenvalue weighted by Gasteiger charge is -1.91. The van der Waals surface area contributed by atoms with Gasteiger partial charge in [-0.05, 0) is 6.07 Å². The molecular weight excluding hydrogens is 279 g/mol. The van der Waals surface area contributed by atoms with E-state index in [0.717, 1.165) is 17.6 Å². The summed E-state index contributed by atoms with van der Waals surface area (Å²) in [6.45, 7) is 0. The Morgan fingerprint density at radius 1 is 1.33 bits per heavy atom. The van der Waals surface area contributed by atoms with Crippen LogP contribution in [0.3, 0.4) is 0 Å². The van der Waals surface area contributed by atoms with Gasteiger partial charge in [-0.3, -0.25) is 0 Å². The van der Waals surface area contributed by atoms with Crippen molar-refractivity contribution in [3.8, 4) is 0 Å². The Balaban J connectivity index is 2.82. The Labute approximate surface area is 99.8 Å².